The number of carbonyl (C=O) groups is 2. The van der Waals surface area contributed by atoms with Gasteiger partial charge >= 0.3 is 0 Å². The molecule has 1 unspecified atom stereocenters. The first kappa shape index (κ1) is 19.9. The van der Waals surface area contributed by atoms with E-state index in [1.807, 2.05) is 24.8 Å². The smallest absolute Gasteiger partial charge is 0.244 e. The SMILES string of the molecule is Cc1cc(C)n(CC(=O)N2CCC(CCC(=O)NCC3CCCO3)CC2)n1. The summed E-state index contributed by atoms with van der Waals surface area (Å²) in [6.45, 7) is 7.24. The minimum absolute atomic E-state index is 0.119. The molecule has 0 aromatic carbocycles. The van der Waals surface area contributed by atoms with Gasteiger partial charge in [0.1, 0.15) is 6.54 Å². The summed E-state index contributed by atoms with van der Waals surface area (Å²) in [5.74, 6) is 0.777. The van der Waals surface area contributed by atoms with Gasteiger partial charge < -0.3 is 15.0 Å². The Morgan fingerprint density at radius 3 is 2.67 bits per heavy atom. The number of likely N-dealkylation sites (tertiary alicyclic amines) is 1. The molecule has 1 aromatic heterocycles. The van der Waals surface area contributed by atoms with E-state index in [9.17, 15) is 9.59 Å². The number of ether oxygens (including phenoxy) is 1. The summed E-state index contributed by atoms with van der Waals surface area (Å²) in [5.41, 5.74) is 1.96. The molecule has 2 aliphatic rings. The number of rotatable bonds is 7. The maximum absolute atomic E-state index is 12.5. The molecule has 7 heteroatoms. The Kier molecular flexibility index (Phi) is 6.88. The van der Waals surface area contributed by atoms with Crippen LogP contribution in [-0.4, -0.2) is 58.8 Å². The van der Waals surface area contributed by atoms with Crippen LogP contribution in [0.15, 0.2) is 6.07 Å². The lowest BCUT2D eigenvalue weighted by atomic mass is 9.92. The number of hydrogen-bond acceptors (Lipinski definition) is 4. The van der Waals surface area contributed by atoms with Gasteiger partial charge in [-0.1, -0.05) is 0 Å². The van der Waals surface area contributed by atoms with Crippen LogP contribution in [0.2, 0.25) is 0 Å². The normalized spacial score (nSPS) is 20.8. The van der Waals surface area contributed by atoms with Gasteiger partial charge in [0.25, 0.3) is 0 Å². The zero-order chi connectivity index (χ0) is 19.2. The van der Waals surface area contributed by atoms with E-state index in [1.165, 1.54) is 0 Å². The topological polar surface area (TPSA) is 76.5 Å². The molecule has 1 atom stereocenters. The molecule has 1 aromatic rings. The standard InChI is InChI=1S/C20H32N4O3/c1-15-12-16(2)24(22-15)14-20(26)23-9-7-17(8-10-23)5-6-19(25)21-13-18-4-3-11-27-18/h12,17-18H,3-11,13-14H2,1-2H3,(H,21,25). The number of nitrogens with one attached hydrogen (secondary N) is 1. The molecular weight excluding hydrogens is 344 g/mol. The third-order valence-electron chi connectivity index (χ3n) is 5.69. The van der Waals surface area contributed by atoms with Crippen molar-refractivity contribution in [3.8, 4) is 0 Å². The van der Waals surface area contributed by atoms with Crippen LogP contribution in [0.1, 0.15) is 49.9 Å². The van der Waals surface area contributed by atoms with Crippen LogP contribution in [0.3, 0.4) is 0 Å². The Morgan fingerprint density at radius 2 is 2.04 bits per heavy atom. The van der Waals surface area contributed by atoms with Crippen LogP contribution < -0.4 is 5.32 Å². The molecule has 0 saturated carbocycles. The Morgan fingerprint density at radius 1 is 1.26 bits per heavy atom. The summed E-state index contributed by atoms with van der Waals surface area (Å²) in [4.78, 5) is 26.4. The molecule has 2 saturated heterocycles. The zero-order valence-corrected chi connectivity index (χ0v) is 16.6. The Hall–Kier alpha value is -1.89. The van der Waals surface area contributed by atoms with Crippen molar-refractivity contribution in [2.75, 3.05) is 26.2 Å². The molecule has 2 fully saturated rings. The lowest BCUT2D eigenvalue weighted by molar-refractivity contribution is -0.133. The summed E-state index contributed by atoms with van der Waals surface area (Å²) in [5, 5.41) is 7.36. The second kappa shape index (κ2) is 9.35. The van der Waals surface area contributed by atoms with Crippen LogP contribution in [-0.2, 0) is 20.9 Å². The van der Waals surface area contributed by atoms with E-state index >= 15 is 0 Å². The first-order chi connectivity index (χ1) is 13.0. The highest BCUT2D eigenvalue weighted by molar-refractivity contribution is 5.76. The number of carbonyl (C=O) groups excluding carboxylic acids is 2. The summed E-state index contributed by atoms with van der Waals surface area (Å²) in [6, 6.07) is 1.99. The minimum atomic E-state index is 0.119. The molecule has 7 nitrogen and oxygen atoms in total. The van der Waals surface area contributed by atoms with Gasteiger partial charge in [-0.2, -0.15) is 5.10 Å². The van der Waals surface area contributed by atoms with Crippen molar-refractivity contribution in [3.63, 3.8) is 0 Å². The van der Waals surface area contributed by atoms with Crippen molar-refractivity contribution in [1.29, 1.82) is 0 Å². The second-order valence-electron chi connectivity index (χ2n) is 7.89. The number of hydrogen-bond donors (Lipinski definition) is 1. The van der Waals surface area contributed by atoms with Crippen LogP contribution in [0.25, 0.3) is 0 Å². The van der Waals surface area contributed by atoms with Crippen LogP contribution in [0, 0.1) is 19.8 Å². The molecule has 3 rings (SSSR count). The fourth-order valence-corrected chi connectivity index (χ4v) is 3.99. The van der Waals surface area contributed by atoms with Crippen LogP contribution in [0.4, 0.5) is 0 Å². The lowest BCUT2D eigenvalue weighted by Crippen LogP contribution is -2.40. The summed E-state index contributed by atoms with van der Waals surface area (Å²) in [6.07, 6.45) is 5.75. The minimum Gasteiger partial charge on any atom is -0.376 e. The number of amides is 2. The van der Waals surface area contributed by atoms with Gasteiger partial charge in [-0.05, 0) is 57.9 Å². The number of nitrogens with zero attached hydrogens (tertiary/aromatic N) is 3. The maximum atomic E-state index is 12.5. The van der Waals surface area contributed by atoms with Crippen molar-refractivity contribution in [2.24, 2.45) is 5.92 Å². The number of aryl methyl sites for hydroxylation is 2. The third-order valence-corrected chi connectivity index (χ3v) is 5.69. The van der Waals surface area contributed by atoms with E-state index in [0.717, 1.165) is 63.2 Å². The molecule has 0 bridgehead atoms. The van der Waals surface area contributed by atoms with Gasteiger partial charge in [0.15, 0.2) is 0 Å². The Balaban J connectivity index is 1.33. The molecule has 3 heterocycles. The molecule has 150 valence electrons. The van der Waals surface area contributed by atoms with Gasteiger partial charge in [-0.3, -0.25) is 14.3 Å². The molecule has 2 aliphatic heterocycles. The average Bonchev–Trinajstić information content (AvgIpc) is 3.28. The van der Waals surface area contributed by atoms with E-state index in [2.05, 4.69) is 10.4 Å². The first-order valence-corrected chi connectivity index (χ1v) is 10.2. The molecule has 0 spiro atoms. The quantitative estimate of drug-likeness (QED) is 0.787. The van der Waals surface area contributed by atoms with Gasteiger partial charge in [-0.25, -0.2) is 0 Å². The summed E-state index contributed by atoms with van der Waals surface area (Å²) in [7, 11) is 0. The maximum Gasteiger partial charge on any atom is 0.244 e. The highest BCUT2D eigenvalue weighted by atomic mass is 16.5. The van der Waals surface area contributed by atoms with Crippen molar-refractivity contribution in [2.45, 2.75) is 65.0 Å². The summed E-state index contributed by atoms with van der Waals surface area (Å²) < 4.78 is 7.30. The molecule has 0 radical (unpaired) electrons. The fourth-order valence-electron chi connectivity index (χ4n) is 3.99. The molecule has 27 heavy (non-hydrogen) atoms. The number of aromatic nitrogens is 2. The zero-order valence-electron chi connectivity index (χ0n) is 16.6. The Bertz CT molecular complexity index is 644. The van der Waals surface area contributed by atoms with Gasteiger partial charge in [0.05, 0.1) is 11.8 Å². The first-order valence-electron chi connectivity index (χ1n) is 10.2. The predicted octanol–water partition coefficient (Wildman–Crippen LogP) is 1.81. The van der Waals surface area contributed by atoms with Crippen molar-refractivity contribution in [3.05, 3.63) is 17.5 Å². The summed E-state index contributed by atoms with van der Waals surface area (Å²) >= 11 is 0. The lowest BCUT2D eigenvalue weighted by Gasteiger charge is -2.32. The predicted molar refractivity (Wildman–Crippen MR) is 102 cm³/mol. The highest BCUT2D eigenvalue weighted by Gasteiger charge is 2.24. The monoisotopic (exact) mass is 376 g/mol. The average molecular weight is 377 g/mol. The third kappa shape index (κ3) is 5.79. The number of piperidine rings is 1. The van der Waals surface area contributed by atoms with Crippen LogP contribution in [0.5, 0.6) is 0 Å². The van der Waals surface area contributed by atoms with Crippen molar-refractivity contribution in [1.82, 2.24) is 20.0 Å². The van der Waals surface area contributed by atoms with E-state index in [4.69, 9.17) is 4.74 Å². The molecule has 0 aliphatic carbocycles. The van der Waals surface area contributed by atoms with Crippen molar-refractivity contribution < 1.29 is 14.3 Å². The highest BCUT2D eigenvalue weighted by Crippen LogP contribution is 2.22. The Labute approximate surface area is 161 Å². The van der Waals surface area contributed by atoms with E-state index in [-0.39, 0.29) is 17.9 Å². The van der Waals surface area contributed by atoms with E-state index in [0.29, 0.717) is 25.4 Å². The fraction of sp³-hybridized carbons (Fsp3) is 0.750. The second-order valence-corrected chi connectivity index (χ2v) is 7.89. The largest absolute Gasteiger partial charge is 0.376 e. The van der Waals surface area contributed by atoms with Gasteiger partial charge in [0.2, 0.25) is 11.8 Å². The molecule has 2 amide bonds. The van der Waals surface area contributed by atoms with E-state index in [1.54, 1.807) is 4.68 Å². The molecular formula is C20H32N4O3. The van der Waals surface area contributed by atoms with Gasteiger partial charge in [0, 0.05) is 38.4 Å². The molecule has 1 N–H and O–H groups in total. The van der Waals surface area contributed by atoms with E-state index < -0.39 is 0 Å². The van der Waals surface area contributed by atoms with Crippen LogP contribution >= 0.6 is 0 Å². The van der Waals surface area contributed by atoms with Crippen molar-refractivity contribution >= 4 is 11.8 Å². The van der Waals surface area contributed by atoms with Gasteiger partial charge in [-0.15, -0.1) is 0 Å².